The summed E-state index contributed by atoms with van der Waals surface area (Å²) >= 11 is 4.58. The van der Waals surface area contributed by atoms with Gasteiger partial charge in [0.05, 0.1) is 6.07 Å². The molecule has 3 aromatic rings. The highest BCUT2D eigenvalue weighted by atomic mass is 32.2. The van der Waals surface area contributed by atoms with Gasteiger partial charge in [0, 0.05) is 11.4 Å². The molecule has 0 amide bonds. The maximum atomic E-state index is 10.5. The van der Waals surface area contributed by atoms with Crippen LogP contribution >= 0.6 is 34.4 Å². The first-order chi connectivity index (χ1) is 11.7. The first kappa shape index (κ1) is 16.7. The van der Waals surface area contributed by atoms with Crippen LogP contribution in [0.3, 0.4) is 0 Å². The largest absolute Gasteiger partial charge is 0.433 e. The Balaban J connectivity index is 1.46. The second-order valence-corrected chi connectivity index (χ2v) is 7.65. The third-order valence-corrected chi connectivity index (χ3v) is 5.53. The lowest BCUT2D eigenvalue weighted by molar-refractivity contribution is -0.402. The fourth-order valence-corrected chi connectivity index (χ4v) is 3.98. The quantitative estimate of drug-likeness (QED) is 0.349. The minimum Gasteiger partial charge on any atom is -0.401 e. The summed E-state index contributed by atoms with van der Waals surface area (Å²) in [5.41, 5.74) is 0. The van der Waals surface area contributed by atoms with E-state index in [1.54, 1.807) is 28.9 Å². The number of nitrogens with one attached hydrogen (secondary N) is 1. The number of furan rings is 1. The van der Waals surface area contributed by atoms with Crippen molar-refractivity contribution in [3.63, 3.8) is 0 Å². The molecule has 0 aliphatic rings. The molecule has 10 heteroatoms. The lowest BCUT2D eigenvalue weighted by Crippen LogP contribution is -2.03. The molecule has 0 fully saturated rings. The molecule has 3 rings (SSSR count). The van der Waals surface area contributed by atoms with E-state index in [1.165, 1.54) is 34.0 Å². The summed E-state index contributed by atoms with van der Waals surface area (Å²) in [4.78, 5) is 11.3. The highest BCUT2D eigenvalue weighted by Gasteiger charge is 2.10. The molecule has 0 aromatic carbocycles. The Bertz CT molecular complexity index is 826. The maximum Gasteiger partial charge on any atom is 0.433 e. The van der Waals surface area contributed by atoms with Crippen molar-refractivity contribution in [1.29, 1.82) is 0 Å². The number of hydrogen-bond acceptors (Lipinski definition) is 9. The molecule has 124 valence electrons. The Morgan fingerprint density at radius 2 is 2.29 bits per heavy atom. The molecule has 0 unspecified atom stereocenters. The summed E-state index contributed by atoms with van der Waals surface area (Å²) < 4.78 is 5.82. The fourth-order valence-electron chi connectivity index (χ4n) is 1.77. The van der Waals surface area contributed by atoms with Gasteiger partial charge in [0.15, 0.2) is 4.34 Å². The van der Waals surface area contributed by atoms with Crippen molar-refractivity contribution >= 4 is 51.5 Å². The Morgan fingerprint density at radius 3 is 3.04 bits per heavy atom. The molecule has 0 saturated carbocycles. The third kappa shape index (κ3) is 4.66. The average molecular weight is 380 g/mol. The van der Waals surface area contributed by atoms with E-state index in [2.05, 4.69) is 27.0 Å². The van der Waals surface area contributed by atoms with Crippen LogP contribution in [0.15, 0.2) is 43.8 Å². The Labute approximate surface area is 149 Å². The van der Waals surface area contributed by atoms with Crippen LogP contribution in [-0.4, -0.2) is 21.7 Å². The van der Waals surface area contributed by atoms with Gasteiger partial charge >= 0.3 is 5.88 Å². The molecule has 0 radical (unpaired) electrons. The lowest BCUT2D eigenvalue weighted by atomic mass is 10.3. The van der Waals surface area contributed by atoms with Crippen LogP contribution in [0, 0.1) is 10.1 Å². The number of nitro groups is 1. The van der Waals surface area contributed by atoms with Gasteiger partial charge in [-0.2, -0.15) is 0 Å². The van der Waals surface area contributed by atoms with Gasteiger partial charge in [0.25, 0.3) is 0 Å². The van der Waals surface area contributed by atoms with E-state index in [1.807, 2.05) is 6.07 Å². The van der Waals surface area contributed by atoms with Crippen molar-refractivity contribution in [2.24, 2.45) is 0 Å². The minimum absolute atomic E-state index is 0.271. The zero-order valence-corrected chi connectivity index (χ0v) is 14.7. The SMILES string of the molecule is O=[N+]([O-])c1ccc(C=CSc2nnc(NCCc3cccs3)s2)o1. The van der Waals surface area contributed by atoms with E-state index in [-0.39, 0.29) is 5.88 Å². The van der Waals surface area contributed by atoms with E-state index >= 15 is 0 Å². The highest BCUT2D eigenvalue weighted by Crippen LogP contribution is 2.27. The number of aromatic nitrogens is 2. The van der Waals surface area contributed by atoms with Crippen molar-refractivity contribution in [1.82, 2.24) is 10.2 Å². The van der Waals surface area contributed by atoms with E-state index in [4.69, 9.17) is 4.42 Å². The number of thioether (sulfide) groups is 1. The van der Waals surface area contributed by atoms with Gasteiger partial charge < -0.3 is 9.73 Å². The van der Waals surface area contributed by atoms with Crippen LogP contribution in [0.4, 0.5) is 11.0 Å². The van der Waals surface area contributed by atoms with Gasteiger partial charge in [-0.25, -0.2) is 0 Å². The van der Waals surface area contributed by atoms with Crippen LogP contribution in [0.1, 0.15) is 10.6 Å². The summed E-state index contributed by atoms with van der Waals surface area (Å²) in [6.07, 6.45) is 2.61. The van der Waals surface area contributed by atoms with E-state index in [9.17, 15) is 10.1 Å². The van der Waals surface area contributed by atoms with Gasteiger partial charge in [0.2, 0.25) is 5.13 Å². The number of thiophene rings is 1. The predicted molar refractivity (Wildman–Crippen MR) is 96.7 cm³/mol. The second-order valence-electron chi connectivity index (χ2n) is 4.48. The minimum atomic E-state index is -0.566. The first-order valence-corrected chi connectivity index (χ1v) is 9.45. The smallest absolute Gasteiger partial charge is 0.401 e. The number of rotatable bonds is 8. The first-order valence-electron chi connectivity index (χ1n) is 6.88. The van der Waals surface area contributed by atoms with E-state index in [0.29, 0.717) is 5.76 Å². The topological polar surface area (TPSA) is 94.1 Å². The number of nitrogens with zero attached hydrogens (tertiary/aromatic N) is 3. The highest BCUT2D eigenvalue weighted by molar-refractivity contribution is 8.03. The monoisotopic (exact) mass is 380 g/mol. The molecular formula is C14H12N4O3S3. The van der Waals surface area contributed by atoms with Crippen molar-refractivity contribution in [2.75, 3.05) is 11.9 Å². The van der Waals surface area contributed by atoms with Gasteiger partial charge in [-0.3, -0.25) is 10.1 Å². The van der Waals surface area contributed by atoms with Crippen molar-refractivity contribution in [2.45, 2.75) is 10.8 Å². The van der Waals surface area contributed by atoms with Crippen LogP contribution in [-0.2, 0) is 6.42 Å². The zero-order valence-electron chi connectivity index (χ0n) is 12.2. The zero-order chi connectivity index (χ0) is 16.8. The molecule has 0 saturated heterocycles. The van der Waals surface area contributed by atoms with Crippen molar-refractivity contribution < 1.29 is 9.34 Å². The van der Waals surface area contributed by atoms with Crippen LogP contribution in [0.25, 0.3) is 6.08 Å². The average Bonchev–Trinajstić information content (AvgIpc) is 3.29. The van der Waals surface area contributed by atoms with Crippen LogP contribution in [0.2, 0.25) is 0 Å². The maximum absolute atomic E-state index is 10.5. The summed E-state index contributed by atoms with van der Waals surface area (Å²) in [5.74, 6) is 0.154. The number of hydrogen-bond donors (Lipinski definition) is 1. The molecule has 0 aliphatic heterocycles. The van der Waals surface area contributed by atoms with Crippen molar-refractivity contribution in [3.05, 3.63) is 55.8 Å². The predicted octanol–water partition coefficient (Wildman–Crippen LogP) is 4.52. The van der Waals surface area contributed by atoms with E-state index in [0.717, 1.165) is 22.4 Å². The second kappa shape index (κ2) is 8.08. The molecule has 0 spiro atoms. The Hall–Kier alpha value is -2.17. The van der Waals surface area contributed by atoms with Gasteiger partial charge in [0.1, 0.15) is 10.7 Å². The summed E-state index contributed by atoms with van der Waals surface area (Å²) in [6.45, 7) is 0.811. The molecule has 7 nitrogen and oxygen atoms in total. The molecule has 3 aromatic heterocycles. The molecule has 0 atom stereocenters. The molecule has 1 N–H and O–H groups in total. The molecule has 0 bridgehead atoms. The van der Waals surface area contributed by atoms with Gasteiger partial charge in [-0.05, 0) is 35.4 Å². The van der Waals surface area contributed by atoms with Crippen LogP contribution < -0.4 is 5.32 Å². The molecule has 3 heterocycles. The van der Waals surface area contributed by atoms with Gasteiger partial charge in [-0.15, -0.1) is 21.5 Å². The number of anilines is 1. The standard InChI is InChI=1S/C14H12N4O3S3/c19-18(20)12-4-3-10(21-12)6-9-23-14-17-16-13(24-14)15-7-5-11-2-1-8-22-11/h1-4,6,8-9H,5,7H2,(H,15,16). The Morgan fingerprint density at radius 1 is 1.38 bits per heavy atom. The lowest BCUT2D eigenvalue weighted by Gasteiger charge is -1.98. The fraction of sp³-hybridized carbons (Fsp3) is 0.143. The third-order valence-electron chi connectivity index (χ3n) is 2.83. The molecular weight excluding hydrogens is 368 g/mol. The van der Waals surface area contributed by atoms with Crippen molar-refractivity contribution in [3.8, 4) is 0 Å². The summed E-state index contributed by atoms with van der Waals surface area (Å²) in [6, 6.07) is 7.02. The Kier molecular flexibility index (Phi) is 5.62. The van der Waals surface area contributed by atoms with Crippen LogP contribution in [0.5, 0.6) is 0 Å². The van der Waals surface area contributed by atoms with Gasteiger partial charge in [-0.1, -0.05) is 29.2 Å². The molecule has 0 aliphatic carbocycles. The van der Waals surface area contributed by atoms with E-state index < -0.39 is 4.92 Å². The normalized spacial score (nSPS) is 11.2. The summed E-state index contributed by atoms with van der Waals surface area (Å²) in [5, 5.41) is 26.5. The molecule has 24 heavy (non-hydrogen) atoms. The summed E-state index contributed by atoms with van der Waals surface area (Å²) in [7, 11) is 0.